The average molecular weight is 412 g/mol. The summed E-state index contributed by atoms with van der Waals surface area (Å²) in [7, 11) is 0. The number of carbonyl (C=O) groups excluding carboxylic acids is 2. The van der Waals surface area contributed by atoms with E-state index in [1.54, 1.807) is 4.68 Å². The number of rotatable bonds is 9. The van der Waals surface area contributed by atoms with Crippen molar-refractivity contribution in [1.29, 1.82) is 0 Å². The maximum Gasteiger partial charge on any atom is 0.241 e. The Labute approximate surface area is 178 Å². The highest BCUT2D eigenvalue weighted by atomic mass is 16.2. The molecule has 2 atom stereocenters. The molecule has 2 fully saturated rings. The Hall–Kier alpha value is -2.41. The number of amides is 2. The Morgan fingerprint density at radius 1 is 1.10 bits per heavy atom. The first-order valence-electron chi connectivity index (χ1n) is 11.2. The molecule has 0 radical (unpaired) electrons. The normalized spacial score (nSPS) is 22.0. The van der Waals surface area contributed by atoms with Gasteiger partial charge in [-0.1, -0.05) is 18.2 Å². The van der Waals surface area contributed by atoms with Crippen LogP contribution in [-0.2, 0) is 16.1 Å². The number of hydrogen-bond donors (Lipinski definition) is 2. The van der Waals surface area contributed by atoms with Gasteiger partial charge in [0.1, 0.15) is 6.54 Å². The minimum Gasteiger partial charge on any atom is -0.354 e. The van der Waals surface area contributed by atoms with Crippen molar-refractivity contribution in [2.24, 2.45) is 5.92 Å². The largest absolute Gasteiger partial charge is 0.354 e. The minimum atomic E-state index is -0.0184. The quantitative estimate of drug-likeness (QED) is 0.664. The predicted molar refractivity (Wildman–Crippen MR) is 117 cm³/mol. The molecule has 162 valence electrons. The van der Waals surface area contributed by atoms with Crippen LogP contribution in [0.15, 0.2) is 30.5 Å². The minimum absolute atomic E-state index is 0.0184. The van der Waals surface area contributed by atoms with Gasteiger partial charge in [-0.2, -0.15) is 5.10 Å². The van der Waals surface area contributed by atoms with E-state index in [1.807, 2.05) is 44.3 Å². The van der Waals surface area contributed by atoms with Crippen LogP contribution in [0.1, 0.15) is 46.0 Å². The topological polar surface area (TPSA) is 79.3 Å². The highest BCUT2D eigenvalue weighted by Gasteiger charge is 2.38. The molecule has 1 saturated carbocycles. The fourth-order valence-corrected chi connectivity index (χ4v) is 4.48. The van der Waals surface area contributed by atoms with Gasteiger partial charge >= 0.3 is 0 Å². The lowest BCUT2D eigenvalue weighted by Crippen LogP contribution is -2.46. The van der Waals surface area contributed by atoms with Crippen molar-refractivity contribution in [3.05, 3.63) is 30.5 Å². The molecule has 2 N–H and O–H groups in total. The molecule has 2 heterocycles. The van der Waals surface area contributed by atoms with Crippen LogP contribution in [0.3, 0.4) is 0 Å². The maximum absolute atomic E-state index is 12.5. The third-order valence-electron chi connectivity index (χ3n) is 6.11. The van der Waals surface area contributed by atoms with Crippen molar-refractivity contribution in [2.45, 2.75) is 70.6 Å². The average Bonchev–Trinajstić information content (AvgIpc) is 3.30. The second-order valence-corrected chi connectivity index (χ2v) is 9.14. The first kappa shape index (κ1) is 20.8. The summed E-state index contributed by atoms with van der Waals surface area (Å²) in [5.74, 6) is 0.870. The Bertz CT molecular complexity index is 856. The van der Waals surface area contributed by atoms with E-state index in [0.29, 0.717) is 19.0 Å². The number of nitrogens with zero attached hydrogens (tertiary/aromatic N) is 3. The lowest BCUT2D eigenvalue weighted by Gasteiger charge is -2.30. The van der Waals surface area contributed by atoms with E-state index in [2.05, 4.69) is 20.6 Å². The van der Waals surface area contributed by atoms with E-state index >= 15 is 0 Å². The SMILES string of the molecule is CC(C)NC(=O)C[C@H]1CC[C@@H](CNC(=O)Cn2cc3ccccc3n2)N1CC1CC1. The molecule has 0 bridgehead atoms. The molecule has 1 aliphatic carbocycles. The van der Waals surface area contributed by atoms with Crippen LogP contribution in [0.4, 0.5) is 0 Å². The molecule has 7 heteroatoms. The van der Waals surface area contributed by atoms with E-state index in [4.69, 9.17) is 0 Å². The molecule has 2 aromatic rings. The molecule has 1 aromatic heterocycles. The van der Waals surface area contributed by atoms with Gasteiger partial charge in [-0.3, -0.25) is 19.2 Å². The van der Waals surface area contributed by atoms with Crippen LogP contribution in [0.2, 0.25) is 0 Å². The van der Waals surface area contributed by atoms with Crippen LogP contribution in [0.5, 0.6) is 0 Å². The van der Waals surface area contributed by atoms with Crippen molar-refractivity contribution in [1.82, 2.24) is 25.3 Å². The molecular formula is C23H33N5O2. The van der Waals surface area contributed by atoms with Gasteiger partial charge in [0, 0.05) is 49.2 Å². The van der Waals surface area contributed by atoms with Gasteiger partial charge in [0.25, 0.3) is 0 Å². The molecule has 1 aromatic carbocycles. The lowest BCUT2D eigenvalue weighted by molar-refractivity contribution is -0.123. The van der Waals surface area contributed by atoms with E-state index in [9.17, 15) is 9.59 Å². The summed E-state index contributed by atoms with van der Waals surface area (Å²) >= 11 is 0. The summed E-state index contributed by atoms with van der Waals surface area (Å²) < 4.78 is 1.70. The number of likely N-dealkylation sites (tertiary alicyclic amines) is 1. The smallest absolute Gasteiger partial charge is 0.241 e. The fraction of sp³-hybridized carbons (Fsp3) is 0.609. The van der Waals surface area contributed by atoms with Crippen molar-refractivity contribution >= 4 is 22.7 Å². The Morgan fingerprint density at radius 3 is 2.60 bits per heavy atom. The molecular weight excluding hydrogens is 378 g/mol. The molecule has 2 amide bonds. The number of fused-ring (bicyclic) bond motifs is 1. The van der Waals surface area contributed by atoms with Crippen molar-refractivity contribution < 1.29 is 9.59 Å². The number of aromatic nitrogens is 2. The molecule has 30 heavy (non-hydrogen) atoms. The second-order valence-electron chi connectivity index (χ2n) is 9.14. The van der Waals surface area contributed by atoms with Crippen LogP contribution in [-0.4, -0.2) is 57.7 Å². The van der Waals surface area contributed by atoms with E-state index < -0.39 is 0 Å². The van der Waals surface area contributed by atoms with E-state index in [1.165, 1.54) is 12.8 Å². The van der Waals surface area contributed by atoms with Gasteiger partial charge in [-0.25, -0.2) is 0 Å². The molecule has 7 nitrogen and oxygen atoms in total. The molecule has 1 saturated heterocycles. The van der Waals surface area contributed by atoms with Crippen molar-refractivity contribution in [3.63, 3.8) is 0 Å². The van der Waals surface area contributed by atoms with Gasteiger partial charge in [-0.15, -0.1) is 0 Å². The summed E-state index contributed by atoms with van der Waals surface area (Å²) in [6.07, 6.45) is 7.07. The monoisotopic (exact) mass is 411 g/mol. The lowest BCUT2D eigenvalue weighted by atomic mass is 10.1. The van der Waals surface area contributed by atoms with Crippen LogP contribution < -0.4 is 10.6 Å². The Kier molecular flexibility index (Phi) is 6.37. The summed E-state index contributed by atoms with van der Waals surface area (Å²) in [5, 5.41) is 11.6. The van der Waals surface area contributed by atoms with Gasteiger partial charge in [0.05, 0.1) is 5.52 Å². The number of hydrogen-bond acceptors (Lipinski definition) is 4. The summed E-state index contributed by atoms with van der Waals surface area (Å²) in [5.41, 5.74) is 0.902. The zero-order valence-corrected chi connectivity index (χ0v) is 18.0. The van der Waals surface area contributed by atoms with Crippen molar-refractivity contribution in [2.75, 3.05) is 13.1 Å². The van der Waals surface area contributed by atoms with Crippen LogP contribution in [0.25, 0.3) is 10.9 Å². The number of nitrogens with one attached hydrogen (secondary N) is 2. The summed E-state index contributed by atoms with van der Waals surface area (Å²) in [6.45, 7) is 5.90. The second kappa shape index (κ2) is 9.16. The molecule has 1 aliphatic heterocycles. The van der Waals surface area contributed by atoms with E-state index in [-0.39, 0.29) is 30.4 Å². The highest BCUT2D eigenvalue weighted by Crippen LogP contribution is 2.35. The fourth-order valence-electron chi connectivity index (χ4n) is 4.48. The first-order valence-corrected chi connectivity index (χ1v) is 11.2. The highest BCUT2D eigenvalue weighted by molar-refractivity contribution is 5.80. The number of carbonyl (C=O) groups is 2. The van der Waals surface area contributed by atoms with Gasteiger partial charge in [0.2, 0.25) is 11.8 Å². The summed E-state index contributed by atoms with van der Waals surface area (Å²) in [4.78, 5) is 27.3. The van der Waals surface area contributed by atoms with Gasteiger partial charge in [-0.05, 0) is 51.5 Å². The predicted octanol–water partition coefficient (Wildman–Crippen LogP) is 2.31. The third-order valence-corrected chi connectivity index (χ3v) is 6.11. The molecule has 0 spiro atoms. The Morgan fingerprint density at radius 2 is 1.87 bits per heavy atom. The van der Waals surface area contributed by atoms with Crippen LogP contribution >= 0.6 is 0 Å². The maximum atomic E-state index is 12.5. The van der Waals surface area contributed by atoms with E-state index in [0.717, 1.165) is 36.2 Å². The molecule has 0 unspecified atom stereocenters. The standard InChI is InChI=1S/C23H33N5O2/c1-16(2)25-22(29)11-19-9-10-20(28(19)13-17-7-8-17)12-24-23(30)15-27-14-18-5-3-4-6-21(18)26-27/h3-6,14,16-17,19-20H,7-13,15H2,1-2H3,(H,24,30)(H,25,29)/t19-,20+/m1/s1. The molecule has 4 rings (SSSR count). The third kappa shape index (κ3) is 5.39. The zero-order valence-electron chi connectivity index (χ0n) is 18.0. The van der Waals surface area contributed by atoms with Crippen LogP contribution in [0, 0.1) is 5.92 Å². The van der Waals surface area contributed by atoms with Gasteiger partial charge < -0.3 is 10.6 Å². The zero-order chi connectivity index (χ0) is 21.1. The van der Waals surface area contributed by atoms with Crippen molar-refractivity contribution in [3.8, 4) is 0 Å². The summed E-state index contributed by atoms with van der Waals surface area (Å²) in [6, 6.07) is 8.64. The van der Waals surface area contributed by atoms with Gasteiger partial charge in [0.15, 0.2) is 0 Å². The Balaban J connectivity index is 1.30. The molecule has 2 aliphatic rings. The first-order chi connectivity index (χ1) is 14.5. The number of benzene rings is 1.